The second-order valence-electron chi connectivity index (χ2n) is 5.45. The van der Waals surface area contributed by atoms with Crippen molar-refractivity contribution in [2.75, 3.05) is 18.0 Å². The lowest BCUT2D eigenvalue weighted by Crippen LogP contribution is -2.38. The Kier molecular flexibility index (Phi) is 4.65. The smallest absolute Gasteiger partial charge is 0.239 e. The number of nitrogens with zero attached hydrogens (tertiary/aromatic N) is 1. The third-order valence-corrected chi connectivity index (χ3v) is 3.56. The highest BCUT2D eigenvalue weighted by atomic mass is 35.5. The molecule has 0 aromatic heterocycles. The van der Waals surface area contributed by atoms with Crippen molar-refractivity contribution in [3.05, 3.63) is 29.3 Å². The highest BCUT2D eigenvalue weighted by Crippen LogP contribution is 2.27. The Hall–Kier alpha value is -1.55. The van der Waals surface area contributed by atoms with Crippen LogP contribution in [0.3, 0.4) is 0 Å². The summed E-state index contributed by atoms with van der Waals surface area (Å²) in [6, 6.07) is 7.14. The molecule has 1 unspecified atom stereocenters. The van der Waals surface area contributed by atoms with Gasteiger partial charge in [0.05, 0.1) is 0 Å². The minimum Gasteiger partial charge on any atom is -0.355 e. The molecule has 1 saturated heterocycles. The predicted octanol–water partition coefficient (Wildman–Crippen LogP) is 2.47. The molecule has 1 N–H and O–H groups in total. The van der Waals surface area contributed by atoms with Crippen LogP contribution in [0.1, 0.15) is 20.3 Å². The van der Waals surface area contributed by atoms with Crippen LogP contribution in [0.2, 0.25) is 5.02 Å². The van der Waals surface area contributed by atoms with E-state index in [-0.39, 0.29) is 11.8 Å². The van der Waals surface area contributed by atoms with Gasteiger partial charge < -0.3 is 10.2 Å². The monoisotopic (exact) mass is 294 g/mol. The first kappa shape index (κ1) is 14.9. The van der Waals surface area contributed by atoms with E-state index >= 15 is 0 Å². The summed E-state index contributed by atoms with van der Waals surface area (Å²) in [6.45, 7) is 5.20. The van der Waals surface area contributed by atoms with Crippen LogP contribution in [0.25, 0.3) is 0 Å². The van der Waals surface area contributed by atoms with Crippen molar-refractivity contribution in [2.45, 2.75) is 20.3 Å². The third kappa shape index (κ3) is 3.31. The van der Waals surface area contributed by atoms with E-state index in [2.05, 4.69) is 5.32 Å². The molecule has 0 saturated carbocycles. The number of anilines is 1. The molecule has 5 heteroatoms. The molecule has 1 aliphatic heterocycles. The van der Waals surface area contributed by atoms with Crippen LogP contribution in [0.5, 0.6) is 0 Å². The van der Waals surface area contributed by atoms with Crippen LogP contribution in [0.15, 0.2) is 24.3 Å². The average Bonchev–Trinajstić information content (AvgIpc) is 2.78. The third-order valence-electron chi connectivity index (χ3n) is 3.33. The number of rotatable bonds is 4. The van der Waals surface area contributed by atoms with E-state index in [0.717, 1.165) is 5.69 Å². The molecule has 1 heterocycles. The zero-order valence-corrected chi connectivity index (χ0v) is 12.5. The number of carbonyl (C=O) groups is 2. The summed E-state index contributed by atoms with van der Waals surface area (Å²) in [7, 11) is 0. The van der Waals surface area contributed by atoms with Crippen LogP contribution in [0.4, 0.5) is 5.69 Å². The molecule has 20 heavy (non-hydrogen) atoms. The predicted molar refractivity (Wildman–Crippen MR) is 79.8 cm³/mol. The van der Waals surface area contributed by atoms with Crippen LogP contribution in [-0.4, -0.2) is 24.9 Å². The maximum atomic E-state index is 12.3. The van der Waals surface area contributed by atoms with Crippen LogP contribution in [-0.2, 0) is 9.59 Å². The SMILES string of the molecule is CC(C)CNC(=O)C1CCN(c2cccc(Cl)c2)C1=O. The highest BCUT2D eigenvalue weighted by Gasteiger charge is 2.37. The Morgan fingerprint density at radius 1 is 1.50 bits per heavy atom. The number of benzene rings is 1. The van der Waals surface area contributed by atoms with E-state index in [0.29, 0.717) is 30.5 Å². The van der Waals surface area contributed by atoms with E-state index in [4.69, 9.17) is 11.6 Å². The minimum absolute atomic E-state index is 0.145. The maximum Gasteiger partial charge on any atom is 0.239 e. The van der Waals surface area contributed by atoms with Gasteiger partial charge in [0.25, 0.3) is 0 Å². The Morgan fingerprint density at radius 2 is 2.25 bits per heavy atom. The number of hydrogen-bond donors (Lipinski definition) is 1. The van der Waals surface area contributed by atoms with E-state index < -0.39 is 5.92 Å². The quantitative estimate of drug-likeness (QED) is 0.867. The van der Waals surface area contributed by atoms with Crippen molar-refractivity contribution in [3.63, 3.8) is 0 Å². The number of carbonyl (C=O) groups excluding carboxylic acids is 2. The zero-order valence-electron chi connectivity index (χ0n) is 11.7. The number of halogens is 1. The average molecular weight is 295 g/mol. The summed E-state index contributed by atoms with van der Waals surface area (Å²) in [5.41, 5.74) is 0.752. The number of nitrogens with one attached hydrogen (secondary N) is 1. The van der Waals surface area contributed by atoms with Crippen molar-refractivity contribution in [1.29, 1.82) is 0 Å². The number of amides is 2. The van der Waals surface area contributed by atoms with Gasteiger partial charge in [-0.05, 0) is 30.5 Å². The molecule has 108 valence electrons. The van der Waals surface area contributed by atoms with Gasteiger partial charge >= 0.3 is 0 Å². The Morgan fingerprint density at radius 3 is 2.90 bits per heavy atom. The van der Waals surface area contributed by atoms with Gasteiger partial charge in [-0.2, -0.15) is 0 Å². The van der Waals surface area contributed by atoms with Crippen molar-refractivity contribution in [3.8, 4) is 0 Å². The van der Waals surface area contributed by atoms with Gasteiger partial charge in [-0.1, -0.05) is 31.5 Å². The lowest BCUT2D eigenvalue weighted by Gasteiger charge is -2.17. The van der Waals surface area contributed by atoms with Gasteiger partial charge in [-0.15, -0.1) is 0 Å². The first-order chi connectivity index (χ1) is 9.49. The van der Waals surface area contributed by atoms with Gasteiger partial charge in [-0.25, -0.2) is 0 Å². The van der Waals surface area contributed by atoms with Crippen LogP contribution < -0.4 is 10.2 Å². The molecule has 0 aliphatic carbocycles. The molecule has 0 bridgehead atoms. The molecule has 0 spiro atoms. The van der Waals surface area contributed by atoms with Crippen molar-refractivity contribution in [2.24, 2.45) is 11.8 Å². The molecule has 1 aliphatic rings. The summed E-state index contributed by atoms with van der Waals surface area (Å²) >= 11 is 5.94. The van der Waals surface area contributed by atoms with E-state index in [1.165, 1.54) is 0 Å². The topological polar surface area (TPSA) is 49.4 Å². The maximum absolute atomic E-state index is 12.3. The molecular weight excluding hydrogens is 276 g/mol. The first-order valence-electron chi connectivity index (χ1n) is 6.83. The summed E-state index contributed by atoms with van der Waals surface area (Å²) in [6.07, 6.45) is 0.551. The van der Waals surface area contributed by atoms with Crippen LogP contribution in [0, 0.1) is 11.8 Å². The fourth-order valence-electron chi connectivity index (χ4n) is 2.25. The summed E-state index contributed by atoms with van der Waals surface area (Å²) in [5, 5.41) is 3.41. The Labute approximate surface area is 124 Å². The van der Waals surface area contributed by atoms with Crippen molar-refractivity contribution in [1.82, 2.24) is 5.32 Å². The zero-order chi connectivity index (χ0) is 14.7. The molecule has 2 amide bonds. The molecular formula is C15H19ClN2O2. The number of hydrogen-bond acceptors (Lipinski definition) is 2. The molecule has 2 rings (SSSR count). The van der Waals surface area contributed by atoms with Crippen molar-refractivity contribution < 1.29 is 9.59 Å². The lowest BCUT2D eigenvalue weighted by molar-refractivity contribution is -0.132. The summed E-state index contributed by atoms with van der Waals surface area (Å²) in [4.78, 5) is 26.0. The van der Waals surface area contributed by atoms with E-state index in [1.54, 1.807) is 23.1 Å². The molecule has 1 aromatic carbocycles. The molecule has 4 nitrogen and oxygen atoms in total. The highest BCUT2D eigenvalue weighted by molar-refractivity contribution is 6.31. The van der Waals surface area contributed by atoms with Gasteiger partial charge in [0.15, 0.2) is 0 Å². The first-order valence-corrected chi connectivity index (χ1v) is 7.21. The van der Waals surface area contributed by atoms with Gasteiger partial charge in [0, 0.05) is 23.8 Å². The lowest BCUT2D eigenvalue weighted by atomic mass is 10.1. The standard InChI is InChI=1S/C15H19ClN2O2/c1-10(2)9-17-14(19)13-6-7-18(15(13)20)12-5-3-4-11(16)8-12/h3-5,8,10,13H,6-7,9H2,1-2H3,(H,17,19). The summed E-state index contributed by atoms with van der Waals surface area (Å²) in [5.74, 6) is -0.519. The second-order valence-corrected chi connectivity index (χ2v) is 5.89. The van der Waals surface area contributed by atoms with Gasteiger partial charge in [0.2, 0.25) is 11.8 Å². The Balaban J connectivity index is 2.04. The molecule has 1 fully saturated rings. The largest absolute Gasteiger partial charge is 0.355 e. The van der Waals surface area contributed by atoms with Crippen molar-refractivity contribution >= 4 is 29.1 Å². The fraction of sp³-hybridized carbons (Fsp3) is 0.467. The minimum atomic E-state index is -0.576. The van der Waals surface area contributed by atoms with E-state index in [1.807, 2.05) is 19.9 Å². The van der Waals surface area contributed by atoms with E-state index in [9.17, 15) is 9.59 Å². The Bertz CT molecular complexity index is 516. The second kappa shape index (κ2) is 6.27. The molecule has 1 aromatic rings. The fourth-order valence-corrected chi connectivity index (χ4v) is 2.44. The molecule has 0 radical (unpaired) electrons. The normalized spacial score (nSPS) is 18.7. The van der Waals surface area contributed by atoms with Gasteiger partial charge in [0.1, 0.15) is 5.92 Å². The van der Waals surface area contributed by atoms with Gasteiger partial charge in [-0.3, -0.25) is 9.59 Å². The molecule has 1 atom stereocenters. The summed E-state index contributed by atoms with van der Waals surface area (Å²) < 4.78 is 0. The van der Waals surface area contributed by atoms with Crippen LogP contribution >= 0.6 is 11.6 Å².